The zero-order valence-electron chi connectivity index (χ0n) is 18.6. The summed E-state index contributed by atoms with van der Waals surface area (Å²) in [6.45, 7) is 4.60. The van der Waals surface area contributed by atoms with Gasteiger partial charge in [0, 0.05) is 23.6 Å². The largest absolute Gasteiger partial charge is 0.489 e. The SMILES string of the molecule is CC1(C)CC(=O)C2=C(C1)Nc1nc(N)[nH]c(=O)c1C2c1ccc(OCc2ccccc2)cc1. The number of ether oxygens (including phenoxy) is 1. The zero-order chi connectivity index (χ0) is 23.2. The number of rotatable bonds is 4. The number of nitrogens with two attached hydrogens (primary N) is 1. The molecule has 0 saturated heterocycles. The number of aromatic nitrogens is 2. The third-order valence-electron chi connectivity index (χ3n) is 6.20. The first-order chi connectivity index (χ1) is 15.8. The summed E-state index contributed by atoms with van der Waals surface area (Å²) in [5.74, 6) is 0.700. The van der Waals surface area contributed by atoms with E-state index in [1.165, 1.54) is 0 Å². The number of anilines is 2. The molecule has 168 valence electrons. The van der Waals surface area contributed by atoms with Crippen molar-refractivity contribution in [2.45, 2.75) is 39.2 Å². The van der Waals surface area contributed by atoms with Crippen molar-refractivity contribution in [1.29, 1.82) is 0 Å². The molecule has 0 radical (unpaired) electrons. The monoisotopic (exact) mass is 442 g/mol. The molecule has 3 aromatic rings. The van der Waals surface area contributed by atoms with Gasteiger partial charge in [-0.1, -0.05) is 56.3 Å². The number of benzene rings is 2. The van der Waals surface area contributed by atoms with Crippen molar-refractivity contribution in [3.8, 4) is 5.75 Å². The summed E-state index contributed by atoms with van der Waals surface area (Å²) in [5, 5.41) is 3.24. The minimum atomic E-state index is -0.514. The number of carbonyl (C=O) groups excluding carboxylic acids is 1. The number of hydrogen-bond acceptors (Lipinski definition) is 6. The van der Waals surface area contributed by atoms with Crippen molar-refractivity contribution >= 4 is 17.5 Å². The number of nitrogens with zero attached hydrogens (tertiary/aromatic N) is 1. The highest BCUT2D eigenvalue weighted by Gasteiger charge is 2.42. The molecular formula is C26H26N4O3. The lowest BCUT2D eigenvalue weighted by molar-refractivity contribution is -0.118. The number of carbonyl (C=O) groups is 1. The van der Waals surface area contributed by atoms with Gasteiger partial charge >= 0.3 is 0 Å². The molecule has 1 unspecified atom stereocenters. The molecule has 7 nitrogen and oxygen atoms in total. The lowest BCUT2D eigenvalue weighted by atomic mass is 9.69. The number of nitrogens with one attached hydrogen (secondary N) is 2. The molecular weight excluding hydrogens is 416 g/mol. The van der Waals surface area contributed by atoms with E-state index in [-0.39, 0.29) is 22.7 Å². The predicted octanol–water partition coefficient (Wildman–Crippen LogP) is 4.13. The smallest absolute Gasteiger partial charge is 0.258 e. The average molecular weight is 443 g/mol. The summed E-state index contributed by atoms with van der Waals surface area (Å²) >= 11 is 0. The van der Waals surface area contributed by atoms with E-state index in [0.29, 0.717) is 42.2 Å². The standard InChI is InChI=1S/C26H26N4O3/c1-26(2)12-18-21(19(31)13-26)20(22-23(28-18)29-25(27)30-24(22)32)16-8-10-17(11-9-16)33-14-15-6-4-3-5-7-15/h3-11,20H,12-14H2,1-2H3,(H4,27,28,29,30,32). The van der Waals surface area contributed by atoms with Crippen LogP contribution in [0.15, 0.2) is 70.7 Å². The lowest BCUT2D eigenvalue weighted by Crippen LogP contribution is -2.37. The lowest BCUT2D eigenvalue weighted by Gasteiger charge is -2.38. The van der Waals surface area contributed by atoms with Gasteiger partial charge in [-0.15, -0.1) is 0 Å². The summed E-state index contributed by atoms with van der Waals surface area (Å²) in [6.07, 6.45) is 1.12. The number of hydrogen-bond donors (Lipinski definition) is 3. The highest BCUT2D eigenvalue weighted by atomic mass is 16.5. The number of ketones is 1. The van der Waals surface area contributed by atoms with Crippen molar-refractivity contribution < 1.29 is 9.53 Å². The molecule has 2 aliphatic rings. The van der Waals surface area contributed by atoms with E-state index in [2.05, 4.69) is 29.1 Å². The minimum Gasteiger partial charge on any atom is -0.489 e. The molecule has 0 fully saturated rings. The van der Waals surface area contributed by atoms with Gasteiger partial charge in [-0.05, 0) is 35.1 Å². The summed E-state index contributed by atoms with van der Waals surface area (Å²) in [6, 6.07) is 17.5. The van der Waals surface area contributed by atoms with E-state index in [0.717, 1.165) is 16.8 Å². The molecule has 1 atom stereocenters. The molecule has 2 heterocycles. The number of allylic oxidation sites excluding steroid dienone is 2. The predicted molar refractivity (Wildman–Crippen MR) is 127 cm³/mol. The van der Waals surface area contributed by atoms with E-state index in [1.54, 1.807) is 0 Å². The molecule has 7 heteroatoms. The van der Waals surface area contributed by atoms with Gasteiger partial charge in [0.2, 0.25) is 5.95 Å². The summed E-state index contributed by atoms with van der Waals surface area (Å²) in [7, 11) is 0. The highest BCUT2D eigenvalue weighted by molar-refractivity contribution is 6.01. The Bertz CT molecular complexity index is 1310. The third-order valence-corrected chi connectivity index (χ3v) is 6.20. The molecule has 0 saturated carbocycles. The van der Waals surface area contributed by atoms with Crippen molar-refractivity contribution in [2.24, 2.45) is 5.41 Å². The Hall–Kier alpha value is -3.87. The van der Waals surface area contributed by atoms with Gasteiger partial charge in [0.25, 0.3) is 5.56 Å². The molecule has 5 rings (SSSR count). The van der Waals surface area contributed by atoms with E-state index < -0.39 is 5.92 Å². The van der Waals surface area contributed by atoms with Gasteiger partial charge in [-0.3, -0.25) is 14.6 Å². The van der Waals surface area contributed by atoms with Crippen molar-refractivity contribution in [2.75, 3.05) is 11.1 Å². The number of H-pyrrole nitrogens is 1. The fourth-order valence-electron chi connectivity index (χ4n) is 4.76. The van der Waals surface area contributed by atoms with Crippen LogP contribution in [0.3, 0.4) is 0 Å². The van der Waals surface area contributed by atoms with E-state index in [4.69, 9.17) is 10.5 Å². The molecule has 0 spiro atoms. The molecule has 4 N–H and O–H groups in total. The first kappa shape index (κ1) is 21.0. The first-order valence-electron chi connectivity index (χ1n) is 11.0. The van der Waals surface area contributed by atoms with Gasteiger partial charge in [0.05, 0.1) is 5.56 Å². The van der Waals surface area contributed by atoms with Crippen LogP contribution < -0.4 is 21.3 Å². The summed E-state index contributed by atoms with van der Waals surface area (Å²) in [4.78, 5) is 33.1. The van der Waals surface area contributed by atoms with E-state index >= 15 is 0 Å². The molecule has 0 bridgehead atoms. The van der Waals surface area contributed by atoms with Gasteiger partial charge < -0.3 is 15.8 Å². The van der Waals surface area contributed by atoms with Crippen LogP contribution in [0.25, 0.3) is 0 Å². The van der Waals surface area contributed by atoms with Crippen LogP contribution in [0.1, 0.15) is 49.3 Å². The number of Topliss-reactive ketones (excluding diaryl/α,β-unsaturated/α-hetero) is 1. The Morgan fingerprint density at radius 2 is 1.79 bits per heavy atom. The zero-order valence-corrected chi connectivity index (χ0v) is 18.6. The van der Waals surface area contributed by atoms with Gasteiger partial charge in [-0.25, -0.2) is 0 Å². The van der Waals surface area contributed by atoms with Crippen LogP contribution in [0.2, 0.25) is 0 Å². The second kappa shape index (κ2) is 7.92. The van der Waals surface area contributed by atoms with Crippen LogP contribution in [0, 0.1) is 5.41 Å². The van der Waals surface area contributed by atoms with E-state index in [1.807, 2.05) is 54.6 Å². The van der Waals surface area contributed by atoms with Crippen molar-refractivity contribution in [3.05, 3.63) is 92.9 Å². The van der Waals surface area contributed by atoms with Crippen LogP contribution in [0.4, 0.5) is 11.8 Å². The molecule has 1 aliphatic carbocycles. The highest BCUT2D eigenvalue weighted by Crippen LogP contribution is 2.47. The quantitative estimate of drug-likeness (QED) is 0.560. The van der Waals surface area contributed by atoms with Gasteiger partial charge in [-0.2, -0.15) is 4.98 Å². The Morgan fingerprint density at radius 3 is 2.52 bits per heavy atom. The second-order valence-corrected chi connectivity index (χ2v) is 9.45. The normalized spacial score (nSPS) is 18.8. The molecule has 2 aromatic carbocycles. The second-order valence-electron chi connectivity index (χ2n) is 9.45. The molecule has 33 heavy (non-hydrogen) atoms. The fourth-order valence-corrected chi connectivity index (χ4v) is 4.76. The van der Waals surface area contributed by atoms with Crippen LogP contribution >= 0.6 is 0 Å². The first-order valence-corrected chi connectivity index (χ1v) is 11.0. The number of aromatic amines is 1. The summed E-state index contributed by atoms with van der Waals surface area (Å²) < 4.78 is 5.91. The fraction of sp³-hybridized carbons (Fsp3) is 0.269. The topological polar surface area (TPSA) is 110 Å². The maximum atomic E-state index is 13.3. The maximum Gasteiger partial charge on any atom is 0.258 e. The third kappa shape index (κ3) is 4.02. The van der Waals surface area contributed by atoms with Crippen LogP contribution in [-0.2, 0) is 11.4 Å². The van der Waals surface area contributed by atoms with Gasteiger partial charge in [0.15, 0.2) is 5.78 Å². The molecule has 1 aliphatic heterocycles. The van der Waals surface area contributed by atoms with Crippen LogP contribution in [0.5, 0.6) is 5.75 Å². The Balaban J connectivity index is 1.53. The summed E-state index contributed by atoms with van der Waals surface area (Å²) in [5.41, 5.74) is 9.07. The van der Waals surface area contributed by atoms with Gasteiger partial charge in [0.1, 0.15) is 18.2 Å². The van der Waals surface area contributed by atoms with Crippen molar-refractivity contribution in [1.82, 2.24) is 9.97 Å². The maximum absolute atomic E-state index is 13.3. The van der Waals surface area contributed by atoms with Crippen LogP contribution in [-0.4, -0.2) is 15.8 Å². The molecule has 1 aromatic heterocycles. The Kier molecular flexibility index (Phi) is 5.04. The number of nitrogen functional groups attached to an aromatic ring is 1. The Morgan fingerprint density at radius 1 is 1.06 bits per heavy atom. The number of fused-ring (bicyclic) bond motifs is 1. The Labute approximate surface area is 191 Å². The van der Waals surface area contributed by atoms with Crippen molar-refractivity contribution in [3.63, 3.8) is 0 Å². The molecule has 0 amide bonds. The minimum absolute atomic E-state index is 0.0418. The average Bonchev–Trinajstić information content (AvgIpc) is 2.76. The van der Waals surface area contributed by atoms with E-state index in [9.17, 15) is 9.59 Å².